The van der Waals surface area contributed by atoms with Gasteiger partial charge in [0, 0.05) is 17.3 Å². The lowest BCUT2D eigenvalue weighted by atomic mass is 10.1. The monoisotopic (exact) mass is 243 g/mol. The number of hydrogen-bond acceptors (Lipinski definition) is 4. The van der Waals surface area contributed by atoms with Gasteiger partial charge in [-0.2, -0.15) is 0 Å². The van der Waals surface area contributed by atoms with E-state index in [2.05, 4.69) is 4.98 Å². The predicted molar refractivity (Wildman–Crippen MR) is 62.0 cm³/mol. The molecular weight excluding hydrogens is 230 g/mol. The van der Waals surface area contributed by atoms with Crippen molar-refractivity contribution < 1.29 is 15.3 Å². The number of halogens is 1. The first-order valence-corrected chi connectivity index (χ1v) is 5.19. The second-order valence-electron chi connectivity index (χ2n) is 3.64. The molecule has 1 aromatic rings. The molecule has 0 spiro atoms. The molecule has 5 heteroatoms. The van der Waals surface area contributed by atoms with Crippen LogP contribution in [-0.4, -0.2) is 20.3 Å². The number of aliphatic hydroxyl groups is 2. The van der Waals surface area contributed by atoms with Crippen molar-refractivity contribution in [2.75, 3.05) is 0 Å². The van der Waals surface area contributed by atoms with E-state index in [4.69, 9.17) is 16.7 Å². The summed E-state index contributed by atoms with van der Waals surface area (Å²) in [6, 6.07) is 0. The fourth-order valence-corrected chi connectivity index (χ4v) is 1.51. The number of aromatic hydroxyl groups is 1. The van der Waals surface area contributed by atoms with E-state index in [0.29, 0.717) is 5.69 Å². The van der Waals surface area contributed by atoms with Gasteiger partial charge in [-0.3, -0.25) is 4.98 Å². The fraction of sp³-hybridized carbons (Fsp3) is 0.364. The van der Waals surface area contributed by atoms with Crippen molar-refractivity contribution in [3.63, 3.8) is 0 Å². The maximum absolute atomic E-state index is 9.83. The van der Waals surface area contributed by atoms with Gasteiger partial charge in [-0.15, -0.1) is 0 Å². The van der Waals surface area contributed by atoms with Crippen LogP contribution in [0.15, 0.2) is 11.8 Å². The first-order chi connectivity index (χ1) is 7.47. The number of aliphatic hydroxyl groups excluding tert-OH is 2. The molecule has 0 radical (unpaired) electrons. The topological polar surface area (TPSA) is 73.6 Å². The van der Waals surface area contributed by atoms with Crippen molar-refractivity contribution in [1.29, 1.82) is 0 Å². The molecule has 0 saturated carbocycles. The van der Waals surface area contributed by atoms with Crippen molar-refractivity contribution in [2.45, 2.75) is 26.0 Å². The molecule has 0 aliphatic rings. The molecule has 3 N–H and O–H groups in total. The van der Waals surface area contributed by atoms with Gasteiger partial charge in [-0.05, 0) is 19.9 Å². The Morgan fingerprint density at radius 3 is 2.62 bits per heavy atom. The number of aromatic nitrogens is 1. The van der Waals surface area contributed by atoms with E-state index in [0.717, 1.165) is 5.57 Å². The Morgan fingerprint density at radius 2 is 2.19 bits per heavy atom. The third-order valence-electron chi connectivity index (χ3n) is 2.06. The first-order valence-electron chi connectivity index (χ1n) is 4.76. The van der Waals surface area contributed by atoms with E-state index in [1.807, 2.05) is 13.8 Å². The van der Waals surface area contributed by atoms with Crippen molar-refractivity contribution in [3.8, 4) is 5.75 Å². The van der Waals surface area contributed by atoms with Crippen molar-refractivity contribution in [3.05, 3.63) is 28.6 Å². The molecule has 1 atom stereocenters. The normalized spacial score (nSPS) is 12.3. The number of pyridine rings is 1. The molecule has 0 aliphatic carbocycles. The minimum Gasteiger partial charge on any atom is -0.505 e. The zero-order valence-electron chi connectivity index (χ0n) is 9.11. The highest BCUT2D eigenvalue weighted by atomic mass is 35.5. The highest BCUT2D eigenvalue weighted by Crippen LogP contribution is 2.30. The van der Waals surface area contributed by atoms with E-state index in [1.54, 1.807) is 6.08 Å². The van der Waals surface area contributed by atoms with E-state index < -0.39 is 12.2 Å². The number of rotatable bonds is 3. The highest BCUT2D eigenvalue weighted by Gasteiger charge is 2.16. The summed E-state index contributed by atoms with van der Waals surface area (Å²) in [5.74, 6) is -0.152. The second-order valence-corrected chi connectivity index (χ2v) is 4.05. The average Bonchev–Trinajstić information content (AvgIpc) is 2.19. The van der Waals surface area contributed by atoms with Crippen LogP contribution in [0.1, 0.15) is 36.2 Å². The lowest BCUT2D eigenvalue weighted by molar-refractivity contribution is 0.244. The van der Waals surface area contributed by atoms with Gasteiger partial charge in [0.1, 0.15) is 11.4 Å². The van der Waals surface area contributed by atoms with Gasteiger partial charge in [-0.1, -0.05) is 17.2 Å². The van der Waals surface area contributed by atoms with E-state index in [-0.39, 0.29) is 16.9 Å². The minimum absolute atomic E-state index is 0.152. The maximum Gasteiger partial charge on any atom is 0.155 e. The number of alkyl halides is 1. The SMILES string of the molecule is CC(C)=Cc1ncc(C(O)Cl)c(CO)c1O. The summed E-state index contributed by atoms with van der Waals surface area (Å²) in [5, 5.41) is 28.2. The Hall–Kier alpha value is -1.10. The lowest BCUT2D eigenvalue weighted by Crippen LogP contribution is -2.00. The lowest BCUT2D eigenvalue weighted by Gasteiger charge is -2.11. The van der Waals surface area contributed by atoms with Gasteiger partial charge in [0.05, 0.1) is 6.61 Å². The molecule has 0 saturated heterocycles. The van der Waals surface area contributed by atoms with E-state index >= 15 is 0 Å². The van der Waals surface area contributed by atoms with E-state index in [1.165, 1.54) is 6.20 Å². The van der Waals surface area contributed by atoms with Gasteiger partial charge in [0.25, 0.3) is 0 Å². The molecule has 0 aliphatic heterocycles. The van der Waals surface area contributed by atoms with Crippen LogP contribution in [0.5, 0.6) is 5.75 Å². The summed E-state index contributed by atoms with van der Waals surface area (Å²) in [5.41, 5.74) is 0.440. The molecule has 4 nitrogen and oxygen atoms in total. The van der Waals surface area contributed by atoms with Crippen LogP contribution in [0, 0.1) is 0 Å². The Kier molecular flexibility index (Phi) is 4.29. The van der Waals surface area contributed by atoms with Crippen molar-refractivity contribution >= 4 is 17.7 Å². The standard InChI is InChI=1S/C11H14ClNO3/c1-6(2)3-9-10(15)8(5-14)7(4-13-9)11(12)16/h3-4,11,14-16H,5H2,1-2H3. The molecule has 1 aromatic heterocycles. The molecule has 0 aromatic carbocycles. The molecule has 1 unspecified atom stereocenters. The summed E-state index contributed by atoms with van der Waals surface area (Å²) < 4.78 is 0. The maximum atomic E-state index is 9.83. The average molecular weight is 244 g/mol. The van der Waals surface area contributed by atoms with E-state index in [9.17, 15) is 10.2 Å². The summed E-state index contributed by atoms with van der Waals surface area (Å²) in [7, 11) is 0. The van der Waals surface area contributed by atoms with Crippen LogP contribution in [-0.2, 0) is 6.61 Å². The molecular formula is C11H14ClNO3. The van der Waals surface area contributed by atoms with Crippen molar-refractivity contribution in [1.82, 2.24) is 4.98 Å². The Morgan fingerprint density at radius 1 is 1.56 bits per heavy atom. The predicted octanol–water partition coefficient (Wildman–Crippen LogP) is 1.93. The van der Waals surface area contributed by atoms with Crippen LogP contribution < -0.4 is 0 Å². The van der Waals surface area contributed by atoms with Crippen LogP contribution in [0.25, 0.3) is 6.08 Å². The van der Waals surface area contributed by atoms with Gasteiger partial charge < -0.3 is 15.3 Å². The van der Waals surface area contributed by atoms with Gasteiger partial charge in [0.2, 0.25) is 0 Å². The molecule has 0 bridgehead atoms. The Labute approximate surface area is 98.8 Å². The Balaban J connectivity index is 3.34. The third kappa shape index (κ3) is 2.72. The minimum atomic E-state index is -1.29. The van der Waals surface area contributed by atoms with Gasteiger partial charge in [-0.25, -0.2) is 0 Å². The van der Waals surface area contributed by atoms with Crippen molar-refractivity contribution in [2.24, 2.45) is 0 Å². The zero-order chi connectivity index (χ0) is 12.3. The highest BCUT2D eigenvalue weighted by molar-refractivity contribution is 6.19. The quantitative estimate of drug-likeness (QED) is 0.710. The molecule has 1 heterocycles. The second kappa shape index (κ2) is 5.30. The van der Waals surface area contributed by atoms with Crippen LogP contribution in [0.2, 0.25) is 0 Å². The smallest absolute Gasteiger partial charge is 0.155 e. The molecule has 0 fully saturated rings. The third-order valence-corrected chi connectivity index (χ3v) is 2.29. The molecule has 1 rings (SSSR count). The Bertz CT molecular complexity index is 412. The van der Waals surface area contributed by atoms with Gasteiger partial charge in [0.15, 0.2) is 5.56 Å². The van der Waals surface area contributed by atoms with Crippen LogP contribution in [0.4, 0.5) is 0 Å². The largest absolute Gasteiger partial charge is 0.505 e. The molecule has 0 amide bonds. The summed E-state index contributed by atoms with van der Waals surface area (Å²) >= 11 is 5.50. The van der Waals surface area contributed by atoms with Crippen LogP contribution >= 0.6 is 11.6 Å². The summed E-state index contributed by atoms with van der Waals surface area (Å²) in [6.45, 7) is 3.32. The summed E-state index contributed by atoms with van der Waals surface area (Å²) in [4.78, 5) is 3.97. The molecule has 16 heavy (non-hydrogen) atoms. The zero-order valence-corrected chi connectivity index (χ0v) is 9.86. The number of hydrogen-bond donors (Lipinski definition) is 3. The fourth-order valence-electron chi connectivity index (χ4n) is 1.32. The number of nitrogens with zero attached hydrogens (tertiary/aromatic N) is 1. The summed E-state index contributed by atoms with van der Waals surface area (Å²) in [6.07, 6.45) is 3.02. The molecule has 88 valence electrons. The first kappa shape index (κ1) is 13.0. The van der Waals surface area contributed by atoms with Gasteiger partial charge >= 0.3 is 0 Å². The van der Waals surface area contributed by atoms with Crippen LogP contribution in [0.3, 0.4) is 0 Å². The number of allylic oxidation sites excluding steroid dienone is 1.